The number of aliphatic hydroxyl groups excluding tert-OH is 1. The zero-order chi connectivity index (χ0) is 13.9. The quantitative estimate of drug-likeness (QED) is 0.761. The molecule has 20 heavy (non-hydrogen) atoms. The summed E-state index contributed by atoms with van der Waals surface area (Å²) in [6.45, 7) is 0.836. The molecule has 3 N–H and O–H groups in total. The molecule has 3 rings (SSSR count). The highest BCUT2D eigenvalue weighted by Gasteiger charge is 2.28. The maximum Gasteiger partial charge on any atom is 0.241 e. The third kappa shape index (κ3) is 2.86. The van der Waals surface area contributed by atoms with E-state index in [0.29, 0.717) is 6.42 Å². The van der Waals surface area contributed by atoms with Crippen LogP contribution < -0.4 is 10.6 Å². The second-order valence-electron chi connectivity index (χ2n) is 5.86. The van der Waals surface area contributed by atoms with E-state index in [0.717, 1.165) is 37.8 Å². The zero-order valence-corrected chi connectivity index (χ0v) is 11.6. The van der Waals surface area contributed by atoms with E-state index in [4.69, 9.17) is 0 Å². The Morgan fingerprint density at radius 3 is 3.00 bits per heavy atom. The van der Waals surface area contributed by atoms with E-state index < -0.39 is 0 Å². The Hall–Kier alpha value is -1.39. The van der Waals surface area contributed by atoms with Crippen molar-refractivity contribution in [3.63, 3.8) is 0 Å². The number of hydrogen-bond donors (Lipinski definition) is 3. The van der Waals surface area contributed by atoms with E-state index in [1.807, 2.05) is 18.2 Å². The molecule has 1 aliphatic carbocycles. The Kier molecular flexibility index (Phi) is 4.03. The van der Waals surface area contributed by atoms with Crippen molar-refractivity contribution >= 4 is 5.91 Å². The minimum absolute atomic E-state index is 0.0382. The fourth-order valence-electron chi connectivity index (χ4n) is 3.32. The summed E-state index contributed by atoms with van der Waals surface area (Å²) in [6, 6.07) is 8.00. The van der Waals surface area contributed by atoms with Crippen molar-refractivity contribution in [3.05, 3.63) is 35.4 Å². The van der Waals surface area contributed by atoms with Crippen molar-refractivity contribution < 1.29 is 9.90 Å². The maximum absolute atomic E-state index is 12.5. The third-order valence-corrected chi connectivity index (χ3v) is 4.36. The standard InChI is InChI=1S/C16H22N2O2/c19-13-6-3-5-12(10-13)18-16(20)15-14-7-2-1-4-11(14)8-9-17-15/h1-2,4,7,12-13,15,17,19H,3,5-6,8-10H2,(H,18,20). The lowest BCUT2D eigenvalue weighted by atomic mass is 9.91. The third-order valence-electron chi connectivity index (χ3n) is 4.36. The van der Waals surface area contributed by atoms with Gasteiger partial charge in [-0.05, 0) is 43.2 Å². The number of aliphatic hydroxyl groups is 1. The minimum Gasteiger partial charge on any atom is -0.393 e. The van der Waals surface area contributed by atoms with Crippen molar-refractivity contribution in [1.82, 2.24) is 10.6 Å². The molecule has 1 aromatic carbocycles. The van der Waals surface area contributed by atoms with Gasteiger partial charge in [0.15, 0.2) is 0 Å². The van der Waals surface area contributed by atoms with Crippen LogP contribution in [0.1, 0.15) is 42.9 Å². The van der Waals surface area contributed by atoms with Crippen LogP contribution in [0.4, 0.5) is 0 Å². The lowest BCUT2D eigenvalue weighted by molar-refractivity contribution is -0.124. The molecule has 1 aromatic rings. The number of fused-ring (bicyclic) bond motifs is 1. The smallest absolute Gasteiger partial charge is 0.241 e. The van der Waals surface area contributed by atoms with Gasteiger partial charge < -0.3 is 15.7 Å². The Bertz CT molecular complexity index is 489. The topological polar surface area (TPSA) is 61.4 Å². The van der Waals surface area contributed by atoms with E-state index in [9.17, 15) is 9.90 Å². The number of rotatable bonds is 2. The van der Waals surface area contributed by atoms with Gasteiger partial charge >= 0.3 is 0 Å². The van der Waals surface area contributed by atoms with Gasteiger partial charge in [-0.15, -0.1) is 0 Å². The van der Waals surface area contributed by atoms with Gasteiger partial charge in [-0.2, -0.15) is 0 Å². The number of benzene rings is 1. The molecule has 1 saturated carbocycles. The highest BCUT2D eigenvalue weighted by Crippen LogP contribution is 2.24. The van der Waals surface area contributed by atoms with Crippen molar-refractivity contribution in [2.75, 3.05) is 6.54 Å². The first kappa shape index (κ1) is 13.6. The molecule has 2 aliphatic rings. The fraction of sp³-hybridized carbons (Fsp3) is 0.562. The van der Waals surface area contributed by atoms with E-state index in [1.165, 1.54) is 5.56 Å². The van der Waals surface area contributed by atoms with Crippen molar-refractivity contribution in [2.24, 2.45) is 0 Å². The van der Waals surface area contributed by atoms with Crippen LogP contribution in [0.2, 0.25) is 0 Å². The summed E-state index contributed by atoms with van der Waals surface area (Å²) < 4.78 is 0. The summed E-state index contributed by atoms with van der Waals surface area (Å²) in [5.74, 6) is 0.0382. The van der Waals surface area contributed by atoms with Crippen LogP contribution in [0.5, 0.6) is 0 Å². The van der Waals surface area contributed by atoms with E-state index in [2.05, 4.69) is 16.7 Å². The first-order valence-corrected chi connectivity index (χ1v) is 7.53. The molecule has 108 valence electrons. The van der Waals surface area contributed by atoms with Gasteiger partial charge in [0.2, 0.25) is 5.91 Å². The Labute approximate surface area is 119 Å². The van der Waals surface area contributed by atoms with E-state index >= 15 is 0 Å². The lowest BCUT2D eigenvalue weighted by Gasteiger charge is -2.31. The Morgan fingerprint density at radius 1 is 1.30 bits per heavy atom. The predicted molar refractivity (Wildman–Crippen MR) is 77.3 cm³/mol. The highest BCUT2D eigenvalue weighted by atomic mass is 16.3. The van der Waals surface area contributed by atoms with Crippen LogP contribution in [0.25, 0.3) is 0 Å². The monoisotopic (exact) mass is 274 g/mol. The van der Waals surface area contributed by atoms with Gasteiger partial charge in [-0.25, -0.2) is 0 Å². The predicted octanol–water partition coefficient (Wildman–Crippen LogP) is 1.29. The average Bonchev–Trinajstić information content (AvgIpc) is 2.46. The average molecular weight is 274 g/mol. The van der Waals surface area contributed by atoms with Crippen LogP contribution in [0.15, 0.2) is 24.3 Å². The molecular formula is C16H22N2O2. The summed E-state index contributed by atoms with van der Waals surface area (Å²) in [6.07, 6.45) is 4.21. The fourth-order valence-corrected chi connectivity index (χ4v) is 3.32. The molecule has 1 fully saturated rings. The molecular weight excluding hydrogens is 252 g/mol. The van der Waals surface area contributed by atoms with Crippen LogP contribution in [-0.4, -0.2) is 29.7 Å². The number of carbonyl (C=O) groups is 1. The molecule has 0 spiro atoms. The molecule has 1 aliphatic heterocycles. The summed E-state index contributed by atoms with van der Waals surface area (Å²) in [5.41, 5.74) is 2.35. The largest absolute Gasteiger partial charge is 0.393 e. The number of hydrogen-bond acceptors (Lipinski definition) is 3. The normalized spacial score (nSPS) is 29.6. The van der Waals surface area contributed by atoms with Gasteiger partial charge in [0.25, 0.3) is 0 Å². The van der Waals surface area contributed by atoms with Crippen molar-refractivity contribution in [1.29, 1.82) is 0 Å². The zero-order valence-electron chi connectivity index (χ0n) is 11.6. The van der Waals surface area contributed by atoms with Gasteiger partial charge in [-0.1, -0.05) is 24.3 Å². The molecule has 1 amide bonds. The van der Waals surface area contributed by atoms with Gasteiger partial charge in [0, 0.05) is 12.6 Å². The molecule has 4 heteroatoms. The van der Waals surface area contributed by atoms with E-state index in [1.54, 1.807) is 0 Å². The molecule has 0 bridgehead atoms. The number of amides is 1. The first-order chi connectivity index (χ1) is 9.74. The highest BCUT2D eigenvalue weighted by molar-refractivity contribution is 5.84. The van der Waals surface area contributed by atoms with Gasteiger partial charge in [0.1, 0.15) is 6.04 Å². The molecule has 3 atom stereocenters. The van der Waals surface area contributed by atoms with Crippen LogP contribution in [-0.2, 0) is 11.2 Å². The molecule has 3 unspecified atom stereocenters. The number of nitrogens with one attached hydrogen (secondary N) is 2. The molecule has 0 radical (unpaired) electrons. The Balaban J connectivity index is 1.69. The SMILES string of the molecule is O=C(NC1CCCC(O)C1)C1NCCc2ccccc21. The second-order valence-corrected chi connectivity index (χ2v) is 5.86. The summed E-state index contributed by atoms with van der Waals surface area (Å²) in [5, 5.41) is 16.1. The molecule has 1 heterocycles. The molecule has 0 aromatic heterocycles. The van der Waals surface area contributed by atoms with Crippen LogP contribution in [0, 0.1) is 0 Å². The van der Waals surface area contributed by atoms with Gasteiger partial charge in [0.05, 0.1) is 6.10 Å². The lowest BCUT2D eigenvalue weighted by Crippen LogP contribution is -2.47. The summed E-state index contributed by atoms with van der Waals surface area (Å²) in [4.78, 5) is 12.5. The Morgan fingerprint density at radius 2 is 2.15 bits per heavy atom. The maximum atomic E-state index is 12.5. The number of carbonyl (C=O) groups excluding carboxylic acids is 1. The van der Waals surface area contributed by atoms with Crippen LogP contribution >= 0.6 is 0 Å². The summed E-state index contributed by atoms with van der Waals surface area (Å²) >= 11 is 0. The summed E-state index contributed by atoms with van der Waals surface area (Å²) in [7, 11) is 0. The van der Waals surface area contributed by atoms with Crippen molar-refractivity contribution in [3.8, 4) is 0 Å². The molecule has 4 nitrogen and oxygen atoms in total. The minimum atomic E-state index is -0.263. The van der Waals surface area contributed by atoms with E-state index in [-0.39, 0.29) is 24.1 Å². The van der Waals surface area contributed by atoms with Gasteiger partial charge in [-0.3, -0.25) is 4.79 Å². The first-order valence-electron chi connectivity index (χ1n) is 7.53. The second kappa shape index (κ2) is 5.94. The molecule has 0 saturated heterocycles. The van der Waals surface area contributed by atoms with Crippen molar-refractivity contribution in [2.45, 2.75) is 50.3 Å². The van der Waals surface area contributed by atoms with Crippen LogP contribution in [0.3, 0.4) is 0 Å².